The molecular formula is C30H38O9S. The van der Waals surface area contributed by atoms with E-state index < -0.39 is 45.8 Å². The molecule has 218 valence electrons. The Morgan fingerprint density at radius 3 is 2.45 bits per heavy atom. The molecule has 3 saturated carbocycles. The molecule has 0 bridgehead atoms. The normalized spacial score (nSPS) is 37.0. The Labute approximate surface area is 235 Å². The van der Waals surface area contributed by atoms with Gasteiger partial charge in [0.05, 0.1) is 18.1 Å². The van der Waals surface area contributed by atoms with E-state index in [1.165, 1.54) is 12.1 Å². The molecule has 10 heteroatoms. The summed E-state index contributed by atoms with van der Waals surface area (Å²) in [5, 5.41) is 11.7. The van der Waals surface area contributed by atoms with Gasteiger partial charge in [-0.15, -0.1) is 0 Å². The lowest BCUT2D eigenvalue weighted by Crippen LogP contribution is -2.63. The third kappa shape index (κ3) is 4.43. The van der Waals surface area contributed by atoms with Gasteiger partial charge >= 0.3 is 6.16 Å². The Bertz CT molecular complexity index is 1350. The van der Waals surface area contributed by atoms with Crippen LogP contribution in [-0.4, -0.2) is 56.7 Å². The van der Waals surface area contributed by atoms with E-state index in [-0.39, 0.29) is 46.7 Å². The number of hydrogen-bond acceptors (Lipinski definition) is 9. The summed E-state index contributed by atoms with van der Waals surface area (Å²) in [6.45, 7) is 5.01. The van der Waals surface area contributed by atoms with Crippen LogP contribution in [0.3, 0.4) is 0 Å². The third-order valence-corrected chi connectivity index (χ3v) is 11.8. The Balaban J connectivity index is 1.46. The van der Waals surface area contributed by atoms with Gasteiger partial charge in [0, 0.05) is 11.8 Å². The molecule has 1 N–H and O–H groups in total. The van der Waals surface area contributed by atoms with Crippen LogP contribution in [0.25, 0.3) is 0 Å². The summed E-state index contributed by atoms with van der Waals surface area (Å²) >= 11 is 0. The monoisotopic (exact) mass is 574 g/mol. The van der Waals surface area contributed by atoms with E-state index in [0.29, 0.717) is 19.3 Å². The highest BCUT2D eigenvalue weighted by Crippen LogP contribution is 2.68. The predicted octanol–water partition coefficient (Wildman–Crippen LogP) is 4.29. The number of aliphatic hydroxyl groups is 1. The molecule has 4 aliphatic rings. The molecule has 3 fully saturated rings. The number of allylic oxidation sites excluding steroid dienone is 1. The third-order valence-electron chi connectivity index (χ3n) is 10.5. The van der Waals surface area contributed by atoms with Gasteiger partial charge in [-0.3, -0.25) is 13.8 Å². The van der Waals surface area contributed by atoms with Crippen molar-refractivity contribution in [3.8, 4) is 0 Å². The maximum atomic E-state index is 14.0. The van der Waals surface area contributed by atoms with Gasteiger partial charge in [0.25, 0.3) is 10.1 Å². The van der Waals surface area contributed by atoms with E-state index in [2.05, 4.69) is 6.92 Å². The van der Waals surface area contributed by atoms with E-state index in [9.17, 15) is 27.9 Å². The molecule has 9 nitrogen and oxygen atoms in total. The average molecular weight is 575 g/mol. The van der Waals surface area contributed by atoms with Crippen LogP contribution in [0.4, 0.5) is 4.79 Å². The van der Waals surface area contributed by atoms with Crippen molar-refractivity contribution in [2.45, 2.75) is 82.3 Å². The topological polar surface area (TPSA) is 133 Å². The maximum Gasteiger partial charge on any atom is 0.509 e. The molecule has 0 heterocycles. The van der Waals surface area contributed by atoms with Crippen LogP contribution >= 0.6 is 0 Å². The number of aliphatic hydroxyl groups excluding tert-OH is 1. The van der Waals surface area contributed by atoms with Gasteiger partial charge in [-0.05, 0) is 86.8 Å². The van der Waals surface area contributed by atoms with Gasteiger partial charge < -0.3 is 14.6 Å². The number of hydrogen-bond donors (Lipinski definition) is 1. The fourth-order valence-corrected chi connectivity index (χ4v) is 9.43. The lowest BCUT2D eigenvalue weighted by molar-refractivity contribution is -0.185. The molecule has 7 atom stereocenters. The second-order valence-corrected chi connectivity index (χ2v) is 14.1. The molecule has 0 aromatic heterocycles. The van der Waals surface area contributed by atoms with Gasteiger partial charge in [0.15, 0.2) is 11.4 Å². The van der Waals surface area contributed by atoms with Crippen molar-refractivity contribution in [3.63, 3.8) is 0 Å². The van der Waals surface area contributed by atoms with Gasteiger partial charge in [0.1, 0.15) is 6.61 Å². The first-order valence-corrected chi connectivity index (χ1v) is 15.4. The zero-order chi connectivity index (χ0) is 29.1. The molecule has 0 radical (unpaired) electrons. The van der Waals surface area contributed by atoms with E-state index in [1.54, 1.807) is 18.2 Å². The van der Waals surface area contributed by atoms with Gasteiger partial charge in [0.2, 0.25) is 5.78 Å². The number of fused-ring (bicyclic) bond motifs is 5. The molecule has 1 aromatic rings. The second-order valence-electron chi connectivity index (χ2n) is 12.5. The Hall–Kier alpha value is -2.56. The van der Waals surface area contributed by atoms with Crippen molar-refractivity contribution >= 4 is 27.8 Å². The summed E-state index contributed by atoms with van der Waals surface area (Å²) in [7, 11) is -3.09. The summed E-state index contributed by atoms with van der Waals surface area (Å²) in [6.07, 6.45) is 3.42. The molecule has 0 spiro atoms. The Kier molecular flexibility index (Phi) is 7.28. The molecule has 0 unspecified atom stereocenters. The van der Waals surface area contributed by atoms with Crippen molar-refractivity contribution in [2.75, 3.05) is 13.7 Å². The quantitative estimate of drug-likeness (QED) is 0.390. The first kappa shape index (κ1) is 29.0. The van der Waals surface area contributed by atoms with Crippen molar-refractivity contribution in [2.24, 2.45) is 28.6 Å². The first-order valence-electron chi connectivity index (χ1n) is 14.0. The summed E-state index contributed by atoms with van der Waals surface area (Å²) in [4.78, 5) is 38.6. The number of benzene rings is 1. The number of carbonyl (C=O) groups excluding carboxylic acids is 3. The summed E-state index contributed by atoms with van der Waals surface area (Å²) in [5.74, 6) is -0.675. The fourth-order valence-electron chi connectivity index (χ4n) is 8.56. The second kappa shape index (κ2) is 10.1. The molecular weight excluding hydrogens is 536 g/mol. The smallest absolute Gasteiger partial charge is 0.438 e. The molecule has 0 saturated heterocycles. The number of Topliss-reactive ketones (excluding diaryl/α,β-unsaturated/α-hetero) is 1. The van der Waals surface area contributed by atoms with Gasteiger partial charge in [-0.2, -0.15) is 8.42 Å². The van der Waals surface area contributed by atoms with E-state index in [4.69, 9.17) is 13.7 Å². The number of ketones is 2. The Morgan fingerprint density at radius 1 is 1.07 bits per heavy atom. The van der Waals surface area contributed by atoms with Crippen LogP contribution in [0.2, 0.25) is 0 Å². The molecule has 1 aromatic carbocycles. The zero-order valence-corrected chi connectivity index (χ0v) is 24.3. The van der Waals surface area contributed by atoms with Crippen molar-refractivity contribution in [1.82, 2.24) is 0 Å². The lowest BCUT2D eigenvalue weighted by Gasteiger charge is -2.60. The van der Waals surface area contributed by atoms with Crippen LogP contribution in [0.1, 0.15) is 64.4 Å². The van der Waals surface area contributed by atoms with E-state index >= 15 is 0 Å². The summed E-state index contributed by atoms with van der Waals surface area (Å²) in [5.41, 5.74) is -1.05. The predicted molar refractivity (Wildman–Crippen MR) is 144 cm³/mol. The first-order chi connectivity index (χ1) is 18.8. The number of carbonyl (C=O) groups is 3. The highest BCUT2D eigenvalue weighted by molar-refractivity contribution is 7.86. The van der Waals surface area contributed by atoms with Gasteiger partial charge in [-0.1, -0.05) is 37.1 Å². The Morgan fingerprint density at radius 2 is 1.77 bits per heavy atom. The molecule has 0 amide bonds. The molecule has 4 aliphatic carbocycles. The summed E-state index contributed by atoms with van der Waals surface area (Å²) < 4.78 is 41.5. The van der Waals surface area contributed by atoms with Crippen LogP contribution in [0.5, 0.6) is 0 Å². The standard InChI is InChI=1S/C30H38O9S/c1-18-5-8-21(9-6-18)40(35,36)38-17-25(33)30(39-27(34)37-4)14-12-23-22-10-7-19-15-20(31)11-13-28(19,2)26(22)24(32)16-29(23,30)3/h5-6,8-9,15,22-24,26,32H,7,10-14,16-17H2,1-4H3/t22-,23-,24-,26+,28-,29-,30-/m0/s1. The maximum absolute atomic E-state index is 14.0. The van der Waals surface area contributed by atoms with Crippen LogP contribution in [0, 0.1) is 35.5 Å². The highest BCUT2D eigenvalue weighted by Gasteiger charge is 2.70. The van der Waals surface area contributed by atoms with Crippen LogP contribution < -0.4 is 0 Å². The minimum atomic E-state index is -4.24. The van der Waals surface area contributed by atoms with Gasteiger partial charge in [-0.25, -0.2) is 4.79 Å². The minimum Gasteiger partial charge on any atom is -0.438 e. The zero-order valence-electron chi connectivity index (χ0n) is 23.5. The number of rotatable bonds is 6. The van der Waals surface area contributed by atoms with Crippen LogP contribution in [0.15, 0.2) is 40.8 Å². The largest absolute Gasteiger partial charge is 0.509 e. The number of aryl methyl sites for hydroxylation is 1. The van der Waals surface area contributed by atoms with Crippen molar-refractivity contribution < 1.29 is 41.6 Å². The van der Waals surface area contributed by atoms with E-state index in [0.717, 1.165) is 31.1 Å². The summed E-state index contributed by atoms with van der Waals surface area (Å²) in [6, 6.07) is 6.09. The lowest BCUT2D eigenvalue weighted by atomic mass is 9.45. The SMILES string of the molecule is COC(=O)O[C@]1(C(=O)COS(=O)(=O)c2ccc(C)cc2)CC[C@H]2[C@@H]3CCC4=CC(=O)CC[C@]4(C)[C@H]3[C@@H](O)C[C@@]21C. The number of methoxy groups -OCH3 is 1. The molecule has 0 aliphatic heterocycles. The van der Waals surface area contributed by atoms with Crippen LogP contribution in [-0.2, 0) is 33.4 Å². The molecule has 40 heavy (non-hydrogen) atoms. The highest BCUT2D eigenvalue weighted by atomic mass is 32.2. The minimum absolute atomic E-state index is 0.0391. The van der Waals surface area contributed by atoms with Crippen molar-refractivity contribution in [1.29, 1.82) is 0 Å². The molecule has 5 rings (SSSR count). The number of ether oxygens (including phenoxy) is 2. The van der Waals surface area contributed by atoms with Crippen molar-refractivity contribution in [3.05, 3.63) is 41.5 Å². The average Bonchev–Trinajstić information content (AvgIpc) is 3.19. The van der Waals surface area contributed by atoms with E-state index in [1.807, 2.05) is 13.8 Å². The fraction of sp³-hybridized carbons (Fsp3) is 0.633.